The molecule has 0 aromatic rings. The van der Waals surface area contributed by atoms with Gasteiger partial charge in [0.05, 0.1) is 36.8 Å². The number of aliphatic carboxylic acids is 1. The highest BCUT2D eigenvalue weighted by Crippen LogP contribution is 2.46. The average molecular weight is 507 g/mol. The summed E-state index contributed by atoms with van der Waals surface area (Å²) in [6.45, 7) is 14.1. The summed E-state index contributed by atoms with van der Waals surface area (Å²) in [5.74, 6) is -1.67. The second-order valence-corrected chi connectivity index (χ2v) is 14.9. The number of carboxylic acid groups (broad SMARTS) is 1. The first-order valence-corrected chi connectivity index (χ1v) is 15.5. The fourth-order valence-electron chi connectivity index (χ4n) is 5.55. The van der Waals surface area contributed by atoms with Crippen LogP contribution in [0.1, 0.15) is 33.1 Å². The van der Waals surface area contributed by atoms with Crippen LogP contribution in [0.15, 0.2) is 35.6 Å². The molecule has 2 saturated heterocycles. The summed E-state index contributed by atoms with van der Waals surface area (Å²) >= 11 is 0. The van der Waals surface area contributed by atoms with Crippen LogP contribution in [0.2, 0.25) is 19.6 Å². The summed E-state index contributed by atoms with van der Waals surface area (Å²) < 4.78 is 16.8. The molecule has 3 rings (SSSR count). The molecule has 2 amide bonds. The standard InChI is InChI=1S/C25H38N2O7Si/c1-8-11-33-25(31)26-17(9-10-18(26)14-32-4)12-15(2)19-13-20-21(16(3)34-35(5,6)7)23(28)27(20)22(19)24(29)30/h8,12,16-18,20-21H,1,9-11,13-14H2,2-7H3,(H,29,30)/b15-12+/t16-,17?,18?,20-,21-/m1/s1. The van der Waals surface area contributed by atoms with E-state index in [9.17, 15) is 19.5 Å². The number of β-lactam (4-membered cyclic amide) rings is 1. The molecule has 0 spiro atoms. The zero-order valence-corrected chi connectivity index (χ0v) is 22.6. The van der Waals surface area contributed by atoms with Crippen molar-refractivity contribution in [3.63, 3.8) is 0 Å². The van der Waals surface area contributed by atoms with Crippen molar-refractivity contribution >= 4 is 26.3 Å². The Labute approximate surface area is 208 Å². The third-order valence-electron chi connectivity index (χ3n) is 6.82. The Hall–Kier alpha value is -2.43. The van der Waals surface area contributed by atoms with Gasteiger partial charge in [0.1, 0.15) is 12.3 Å². The third-order valence-corrected chi connectivity index (χ3v) is 7.89. The lowest BCUT2D eigenvalue weighted by atomic mass is 9.82. The number of hydrogen-bond donors (Lipinski definition) is 1. The van der Waals surface area contributed by atoms with Crippen LogP contribution >= 0.6 is 0 Å². The van der Waals surface area contributed by atoms with Gasteiger partial charge in [-0.25, -0.2) is 9.59 Å². The van der Waals surface area contributed by atoms with E-state index in [1.54, 1.807) is 12.0 Å². The van der Waals surface area contributed by atoms with E-state index in [1.165, 1.54) is 11.0 Å². The number of hydrogen-bond acceptors (Lipinski definition) is 6. The maximum Gasteiger partial charge on any atom is 0.410 e. The van der Waals surface area contributed by atoms with Gasteiger partial charge in [0, 0.05) is 7.11 Å². The Morgan fingerprint density at radius 1 is 1.29 bits per heavy atom. The molecule has 0 saturated carbocycles. The van der Waals surface area contributed by atoms with Crippen LogP contribution < -0.4 is 0 Å². The SMILES string of the molecule is C=CCOC(=O)N1C(/C=C(\C)C2=C(C(=O)O)N3C(=O)[C@H]([C@@H](C)O[Si](C)(C)C)[C@H]3C2)CCC1COC. The van der Waals surface area contributed by atoms with Gasteiger partial charge < -0.3 is 23.9 Å². The predicted octanol–water partition coefficient (Wildman–Crippen LogP) is 3.54. The molecular weight excluding hydrogens is 468 g/mol. The number of carbonyl (C=O) groups excluding carboxylic acids is 2. The number of carbonyl (C=O) groups is 3. The fraction of sp³-hybridized carbons (Fsp3) is 0.640. The molecule has 0 aliphatic carbocycles. The second kappa shape index (κ2) is 10.7. The lowest BCUT2D eigenvalue weighted by Gasteiger charge is -2.47. The summed E-state index contributed by atoms with van der Waals surface area (Å²) in [5.41, 5.74) is 1.43. The van der Waals surface area contributed by atoms with E-state index in [4.69, 9.17) is 13.9 Å². The molecule has 194 valence electrons. The molecule has 2 unspecified atom stereocenters. The summed E-state index contributed by atoms with van der Waals surface area (Å²) in [6, 6.07) is -0.617. The van der Waals surface area contributed by atoms with Gasteiger partial charge in [-0.3, -0.25) is 9.69 Å². The van der Waals surface area contributed by atoms with E-state index in [-0.39, 0.29) is 48.4 Å². The second-order valence-electron chi connectivity index (χ2n) is 10.4. The van der Waals surface area contributed by atoms with Gasteiger partial charge in [-0.1, -0.05) is 18.7 Å². The maximum absolute atomic E-state index is 13.0. The third kappa shape index (κ3) is 5.54. The van der Waals surface area contributed by atoms with Crippen molar-refractivity contribution in [1.82, 2.24) is 9.80 Å². The molecule has 10 heteroatoms. The van der Waals surface area contributed by atoms with E-state index in [2.05, 4.69) is 26.2 Å². The Bertz CT molecular complexity index is 939. The summed E-state index contributed by atoms with van der Waals surface area (Å²) in [7, 11) is -0.269. The average Bonchev–Trinajstić information content (AvgIpc) is 3.30. The van der Waals surface area contributed by atoms with E-state index in [0.717, 1.165) is 12.0 Å². The molecule has 3 aliphatic heterocycles. The Morgan fingerprint density at radius 2 is 1.97 bits per heavy atom. The number of amides is 2. The zero-order valence-electron chi connectivity index (χ0n) is 21.6. The number of methoxy groups -OCH3 is 1. The largest absolute Gasteiger partial charge is 0.477 e. The molecule has 3 aliphatic rings. The van der Waals surface area contributed by atoms with E-state index in [0.29, 0.717) is 25.0 Å². The monoisotopic (exact) mass is 506 g/mol. The number of carboxylic acids is 1. The van der Waals surface area contributed by atoms with Crippen molar-refractivity contribution in [2.45, 2.75) is 77.0 Å². The Morgan fingerprint density at radius 3 is 2.54 bits per heavy atom. The first-order chi connectivity index (χ1) is 16.4. The fourth-order valence-corrected chi connectivity index (χ4v) is 6.81. The lowest BCUT2D eigenvalue weighted by Crippen LogP contribution is -2.63. The van der Waals surface area contributed by atoms with Gasteiger partial charge >= 0.3 is 12.1 Å². The van der Waals surface area contributed by atoms with Crippen LogP contribution in [0, 0.1) is 5.92 Å². The zero-order chi connectivity index (χ0) is 26.1. The summed E-state index contributed by atoms with van der Waals surface area (Å²) in [4.78, 5) is 41.1. The maximum atomic E-state index is 13.0. The first-order valence-electron chi connectivity index (χ1n) is 12.1. The van der Waals surface area contributed by atoms with Crippen LogP contribution in [0.3, 0.4) is 0 Å². The van der Waals surface area contributed by atoms with E-state index in [1.807, 2.05) is 19.9 Å². The summed E-state index contributed by atoms with van der Waals surface area (Å²) in [6.07, 6.45) is 4.63. The molecule has 35 heavy (non-hydrogen) atoms. The van der Waals surface area contributed by atoms with Crippen LogP contribution in [0.4, 0.5) is 4.79 Å². The Balaban J connectivity index is 1.86. The number of rotatable bonds is 10. The van der Waals surface area contributed by atoms with Crippen molar-refractivity contribution in [3.05, 3.63) is 35.6 Å². The van der Waals surface area contributed by atoms with Gasteiger partial charge in [0.15, 0.2) is 8.32 Å². The van der Waals surface area contributed by atoms with Crippen molar-refractivity contribution in [3.8, 4) is 0 Å². The molecule has 3 heterocycles. The van der Waals surface area contributed by atoms with Gasteiger partial charge in [-0.2, -0.15) is 0 Å². The molecule has 2 fully saturated rings. The smallest absolute Gasteiger partial charge is 0.410 e. The normalized spacial score (nSPS) is 27.6. The Kier molecular flexibility index (Phi) is 8.28. The van der Waals surface area contributed by atoms with Gasteiger partial charge in [-0.05, 0) is 63.9 Å². The highest BCUT2D eigenvalue weighted by molar-refractivity contribution is 6.69. The lowest BCUT2D eigenvalue weighted by molar-refractivity contribution is -0.160. The van der Waals surface area contributed by atoms with Crippen molar-refractivity contribution in [2.24, 2.45) is 5.92 Å². The minimum absolute atomic E-state index is 0.0393. The van der Waals surface area contributed by atoms with Crippen molar-refractivity contribution < 1.29 is 33.4 Å². The molecule has 9 nitrogen and oxygen atoms in total. The molecular formula is C25H38N2O7Si. The highest BCUT2D eigenvalue weighted by atomic mass is 28.4. The number of ether oxygens (including phenoxy) is 2. The molecule has 5 atom stereocenters. The molecule has 1 N–H and O–H groups in total. The molecule has 0 radical (unpaired) electrons. The van der Waals surface area contributed by atoms with Crippen molar-refractivity contribution in [1.29, 1.82) is 0 Å². The van der Waals surface area contributed by atoms with E-state index >= 15 is 0 Å². The number of fused-ring (bicyclic) bond motifs is 1. The van der Waals surface area contributed by atoms with Crippen LogP contribution in [0.25, 0.3) is 0 Å². The van der Waals surface area contributed by atoms with Gasteiger partial charge in [0.25, 0.3) is 0 Å². The highest BCUT2D eigenvalue weighted by Gasteiger charge is 2.57. The number of allylic oxidation sites excluding steroid dienone is 1. The number of likely N-dealkylation sites (tertiary alicyclic amines) is 1. The molecule has 0 aromatic carbocycles. The summed E-state index contributed by atoms with van der Waals surface area (Å²) in [5, 5.41) is 9.98. The quantitative estimate of drug-likeness (QED) is 0.274. The topological polar surface area (TPSA) is 106 Å². The van der Waals surface area contributed by atoms with Crippen LogP contribution in [0.5, 0.6) is 0 Å². The predicted molar refractivity (Wildman–Crippen MR) is 133 cm³/mol. The molecule has 0 bridgehead atoms. The molecule has 0 aromatic heterocycles. The van der Waals surface area contributed by atoms with Crippen molar-refractivity contribution in [2.75, 3.05) is 20.3 Å². The van der Waals surface area contributed by atoms with Gasteiger partial charge in [0.2, 0.25) is 5.91 Å². The number of nitrogens with zero attached hydrogens (tertiary/aromatic N) is 2. The minimum atomic E-state index is -1.86. The van der Waals surface area contributed by atoms with E-state index < -0.39 is 20.4 Å². The van der Waals surface area contributed by atoms with Crippen LogP contribution in [-0.4, -0.2) is 85.7 Å². The van der Waals surface area contributed by atoms with Gasteiger partial charge in [-0.15, -0.1) is 0 Å². The minimum Gasteiger partial charge on any atom is -0.477 e. The first kappa shape index (κ1) is 27.2. The van der Waals surface area contributed by atoms with Crippen LogP contribution in [-0.2, 0) is 23.5 Å².